The number of hydrogen-bond acceptors (Lipinski definition) is 6. The van der Waals surface area contributed by atoms with Gasteiger partial charge in [0, 0.05) is 25.2 Å². The summed E-state index contributed by atoms with van der Waals surface area (Å²) in [7, 11) is 3.20. The molecule has 0 atom stereocenters. The summed E-state index contributed by atoms with van der Waals surface area (Å²) in [6, 6.07) is 21.3. The molecule has 6 nitrogen and oxygen atoms in total. The molecule has 0 spiro atoms. The van der Waals surface area contributed by atoms with Crippen LogP contribution >= 0.6 is 0 Å². The molecule has 0 bridgehead atoms. The standard InChI is InChI=1S/C25H26N2O4/c1-29-24-13-20(14-25(30-2)23(24)16-27-11-12-28)31-17-19-8-4-6-10-22(19)21-9-5-3-7-18(21)15-26/h3-10,13-14,27-28H,11-12,16-17H2,1-2H3. The molecule has 31 heavy (non-hydrogen) atoms. The van der Waals surface area contributed by atoms with Gasteiger partial charge in [0.2, 0.25) is 0 Å². The van der Waals surface area contributed by atoms with Crippen LogP contribution < -0.4 is 19.5 Å². The molecule has 0 radical (unpaired) electrons. The SMILES string of the molecule is COc1cc(OCc2ccccc2-c2ccccc2C#N)cc(OC)c1CNCCO. The first-order valence-electron chi connectivity index (χ1n) is 9.98. The van der Waals surface area contributed by atoms with Gasteiger partial charge in [-0.15, -0.1) is 0 Å². The van der Waals surface area contributed by atoms with Crippen LogP contribution in [0.4, 0.5) is 0 Å². The van der Waals surface area contributed by atoms with Crippen LogP contribution in [0.5, 0.6) is 17.2 Å². The van der Waals surface area contributed by atoms with Gasteiger partial charge in [-0.25, -0.2) is 0 Å². The number of aliphatic hydroxyl groups excluding tert-OH is 1. The van der Waals surface area contributed by atoms with Crippen molar-refractivity contribution in [1.29, 1.82) is 5.26 Å². The van der Waals surface area contributed by atoms with E-state index < -0.39 is 0 Å². The van der Waals surface area contributed by atoms with Crippen LogP contribution in [0.2, 0.25) is 0 Å². The van der Waals surface area contributed by atoms with Gasteiger partial charge >= 0.3 is 0 Å². The van der Waals surface area contributed by atoms with Gasteiger partial charge in [0.05, 0.1) is 38.0 Å². The van der Waals surface area contributed by atoms with Crippen LogP contribution in [-0.2, 0) is 13.2 Å². The molecule has 0 aliphatic rings. The maximum absolute atomic E-state index is 9.47. The predicted molar refractivity (Wildman–Crippen MR) is 119 cm³/mol. The Morgan fingerprint density at radius 1 is 0.935 bits per heavy atom. The van der Waals surface area contributed by atoms with Crippen molar-refractivity contribution < 1.29 is 19.3 Å². The van der Waals surface area contributed by atoms with Crippen molar-refractivity contribution >= 4 is 0 Å². The summed E-state index contributed by atoms with van der Waals surface area (Å²) in [6.45, 7) is 1.36. The van der Waals surface area contributed by atoms with Crippen LogP contribution in [-0.4, -0.2) is 32.5 Å². The van der Waals surface area contributed by atoms with Crippen molar-refractivity contribution in [3.8, 4) is 34.4 Å². The van der Waals surface area contributed by atoms with Gasteiger partial charge in [-0.2, -0.15) is 5.26 Å². The van der Waals surface area contributed by atoms with Gasteiger partial charge in [0.15, 0.2) is 0 Å². The average molecular weight is 418 g/mol. The third-order valence-electron chi connectivity index (χ3n) is 4.92. The minimum Gasteiger partial charge on any atom is -0.496 e. The highest BCUT2D eigenvalue weighted by molar-refractivity contribution is 5.73. The fourth-order valence-corrected chi connectivity index (χ4v) is 3.40. The lowest BCUT2D eigenvalue weighted by molar-refractivity contribution is 0.289. The van der Waals surface area contributed by atoms with Gasteiger partial charge in [0.1, 0.15) is 23.9 Å². The van der Waals surface area contributed by atoms with Gasteiger partial charge in [-0.3, -0.25) is 0 Å². The molecule has 0 heterocycles. The zero-order valence-electron chi connectivity index (χ0n) is 17.7. The average Bonchev–Trinajstić information content (AvgIpc) is 2.83. The van der Waals surface area contributed by atoms with Crippen molar-refractivity contribution in [3.63, 3.8) is 0 Å². The van der Waals surface area contributed by atoms with E-state index in [2.05, 4.69) is 11.4 Å². The Balaban J connectivity index is 1.86. The number of hydrogen-bond donors (Lipinski definition) is 2. The predicted octanol–water partition coefficient (Wildman–Crippen LogP) is 3.90. The van der Waals surface area contributed by atoms with Crippen molar-refractivity contribution in [1.82, 2.24) is 5.32 Å². The largest absolute Gasteiger partial charge is 0.496 e. The summed E-state index contributed by atoms with van der Waals surface area (Å²) in [5.41, 5.74) is 4.29. The van der Waals surface area contributed by atoms with Crippen LogP contribution in [0, 0.1) is 11.3 Å². The van der Waals surface area contributed by atoms with Crippen LogP contribution in [0.1, 0.15) is 16.7 Å². The normalized spacial score (nSPS) is 10.4. The fraction of sp³-hybridized carbons (Fsp3) is 0.240. The topological polar surface area (TPSA) is 83.7 Å². The maximum Gasteiger partial charge on any atom is 0.130 e. The monoisotopic (exact) mass is 418 g/mol. The molecule has 3 aromatic rings. The highest BCUT2D eigenvalue weighted by Gasteiger charge is 2.14. The molecule has 6 heteroatoms. The molecule has 0 saturated heterocycles. The Kier molecular flexibility index (Phi) is 7.88. The Hall–Kier alpha value is -3.53. The molecular formula is C25H26N2O4. The maximum atomic E-state index is 9.47. The number of nitrogens with zero attached hydrogens (tertiary/aromatic N) is 1. The van der Waals surface area contributed by atoms with E-state index >= 15 is 0 Å². The molecular weight excluding hydrogens is 392 g/mol. The molecule has 0 amide bonds. The van der Waals surface area contributed by atoms with E-state index in [4.69, 9.17) is 19.3 Å². The molecule has 160 valence electrons. The minimum absolute atomic E-state index is 0.0557. The second-order valence-corrected chi connectivity index (χ2v) is 6.81. The first-order chi connectivity index (χ1) is 15.2. The zero-order chi connectivity index (χ0) is 22.1. The number of nitriles is 1. The minimum atomic E-state index is 0.0557. The van der Waals surface area contributed by atoms with Crippen LogP contribution in [0.15, 0.2) is 60.7 Å². The van der Waals surface area contributed by atoms with Crippen LogP contribution in [0.3, 0.4) is 0 Å². The van der Waals surface area contributed by atoms with E-state index in [9.17, 15) is 5.26 Å². The van der Waals surface area contributed by atoms with E-state index in [0.717, 1.165) is 22.3 Å². The summed E-state index contributed by atoms with van der Waals surface area (Å²) in [4.78, 5) is 0. The van der Waals surface area contributed by atoms with Crippen LogP contribution in [0.25, 0.3) is 11.1 Å². The summed E-state index contributed by atoms with van der Waals surface area (Å²) in [6.07, 6.45) is 0. The number of nitrogens with one attached hydrogen (secondary N) is 1. The molecule has 3 aromatic carbocycles. The lowest BCUT2D eigenvalue weighted by atomic mass is 9.96. The number of benzene rings is 3. The molecule has 0 aromatic heterocycles. The lowest BCUT2D eigenvalue weighted by Crippen LogP contribution is -2.18. The van der Waals surface area contributed by atoms with Gasteiger partial charge in [0.25, 0.3) is 0 Å². The van der Waals surface area contributed by atoms with Gasteiger partial charge < -0.3 is 24.6 Å². The summed E-state index contributed by atoms with van der Waals surface area (Å²) in [5, 5.41) is 21.6. The first-order valence-corrected chi connectivity index (χ1v) is 9.98. The van der Waals surface area contributed by atoms with Crippen molar-refractivity contribution in [2.24, 2.45) is 0 Å². The molecule has 3 rings (SSSR count). The number of methoxy groups -OCH3 is 2. The molecule has 0 aliphatic heterocycles. The highest BCUT2D eigenvalue weighted by Crippen LogP contribution is 2.35. The highest BCUT2D eigenvalue weighted by atomic mass is 16.5. The van der Waals surface area contributed by atoms with E-state index in [-0.39, 0.29) is 6.61 Å². The van der Waals surface area contributed by atoms with Crippen molar-refractivity contribution in [2.75, 3.05) is 27.4 Å². The van der Waals surface area contributed by atoms with Crippen molar-refractivity contribution in [2.45, 2.75) is 13.2 Å². The molecule has 0 aliphatic carbocycles. The third kappa shape index (κ3) is 5.34. The number of rotatable bonds is 10. The second-order valence-electron chi connectivity index (χ2n) is 6.81. The second kappa shape index (κ2) is 11.0. The van der Waals surface area contributed by atoms with E-state index in [0.29, 0.717) is 42.5 Å². The number of ether oxygens (including phenoxy) is 3. The molecule has 0 fully saturated rings. The zero-order valence-corrected chi connectivity index (χ0v) is 17.7. The van der Waals surface area contributed by atoms with E-state index in [1.807, 2.05) is 60.7 Å². The Morgan fingerprint density at radius 3 is 2.23 bits per heavy atom. The lowest BCUT2D eigenvalue weighted by Gasteiger charge is -2.17. The summed E-state index contributed by atoms with van der Waals surface area (Å²) < 4.78 is 17.2. The van der Waals surface area contributed by atoms with Gasteiger partial charge in [-0.1, -0.05) is 42.5 Å². The quantitative estimate of drug-likeness (QED) is 0.486. The van der Waals surface area contributed by atoms with E-state index in [1.165, 1.54) is 0 Å². The molecule has 2 N–H and O–H groups in total. The molecule has 0 unspecified atom stereocenters. The smallest absolute Gasteiger partial charge is 0.130 e. The third-order valence-corrected chi connectivity index (χ3v) is 4.92. The Labute approximate surface area is 182 Å². The summed E-state index contributed by atoms with van der Waals surface area (Å²) >= 11 is 0. The van der Waals surface area contributed by atoms with E-state index in [1.54, 1.807) is 14.2 Å². The Bertz CT molecular complexity index is 1030. The molecule has 0 saturated carbocycles. The van der Waals surface area contributed by atoms with Gasteiger partial charge in [-0.05, 0) is 22.8 Å². The summed E-state index contributed by atoms with van der Waals surface area (Å²) in [5.74, 6) is 1.90. The van der Waals surface area contributed by atoms with Crippen molar-refractivity contribution in [3.05, 3.63) is 77.4 Å². The Morgan fingerprint density at radius 2 is 1.58 bits per heavy atom. The fourth-order valence-electron chi connectivity index (χ4n) is 3.40. The first kappa shape index (κ1) is 22.2. The number of aliphatic hydroxyl groups is 1.